The molecule has 0 N–H and O–H groups in total. The van der Waals surface area contributed by atoms with Crippen molar-refractivity contribution in [2.75, 3.05) is 0 Å². The Morgan fingerprint density at radius 2 is 1.42 bits per heavy atom. The third-order valence-electron chi connectivity index (χ3n) is 6.73. The van der Waals surface area contributed by atoms with E-state index in [1.54, 1.807) is 0 Å². The maximum Gasteiger partial charge on any atom is 0.311 e. The second-order valence-electron chi connectivity index (χ2n) is 13.2. The Morgan fingerprint density at radius 3 is 1.77 bits per heavy atom. The molecule has 1 aliphatic rings. The summed E-state index contributed by atoms with van der Waals surface area (Å²) >= 11 is 0. The van der Waals surface area contributed by atoms with E-state index in [1.807, 2.05) is 20.8 Å². The Balaban J connectivity index is 0.000000615. The highest BCUT2D eigenvalue weighted by atomic mass is 28.4. The summed E-state index contributed by atoms with van der Waals surface area (Å²) in [4.78, 5) is 12.0. The molecule has 31 heavy (non-hydrogen) atoms. The van der Waals surface area contributed by atoms with E-state index >= 15 is 0 Å². The molecule has 3 nitrogen and oxygen atoms in total. The van der Waals surface area contributed by atoms with Crippen LogP contribution in [0.4, 0.5) is 0 Å². The quantitative estimate of drug-likeness (QED) is 0.240. The van der Waals surface area contributed by atoms with E-state index < -0.39 is 24.7 Å². The zero-order valence-corrected chi connectivity index (χ0v) is 26.4. The third kappa shape index (κ3) is 13.4. The Labute approximate surface area is 198 Å². The average molecular weight is 489 g/mol. The van der Waals surface area contributed by atoms with Gasteiger partial charge in [0.15, 0.2) is 16.6 Å². The molecular weight excluding hydrogens is 433 g/mol. The number of hydrogen-bond donors (Lipinski definition) is 0. The average Bonchev–Trinajstić information content (AvgIpc) is 2.59. The fourth-order valence-corrected chi connectivity index (χ4v) is 15.4. The van der Waals surface area contributed by atoms with Gasteiger partial charge in [0.05, 0.1) is 5.41 Å². The Morgan fingerprint density at radius 1 is 0.935 bits per heavy atom. The van der Waals surface area contributed by atoms with Crippen molar-refractivity contribution in [3.05, 3.63) is 0 Å². The standard InChI is InChI=1S/C15H30O2Si.C10H26OSi2/c1-7-15(2,3)14(16)17-12-8-10-13(11-9-12)18(4,5)6;1-8-10(2)9-13(6,7)11-12(3,4)5/h12-13H,7-11H2,1-6H3;10H,8-9H2,1-7H3. The van der Waals surface area contributed by atoms with Crippen LogP contribution in [-0.2, 0) is 13.6 Å². The van der Waals surface area contributed by atoms with E-state index in [0.717, 1.165) is 30.7 Å². The van der Waals surface area contributed by atoms with E-state index in [-0.39, 0.29) is 17.5 Å². The predicted molar refractivity (Wildman–Crippen MR) is 146 cm³/mol. The van der Waals surface area contributed by atoms with Gasteiger partial charge in [0.25, 0.3) is 0 Å². The van der Waals surface area contributed by atoms with Crippen LogP contribution in [0.25, 0.3) is 0 Å². The minimum atomic E-state index is -1.36. The molecule has 0 heterocycles. The third-order valence-corrected chi connectivity index (χ3v) is 16.1. The van der Waals surface area contributed by atoms with E-state index in [9.17, 15) is 4.79 Å². The number of carbonyl (C=O) groups is 1. The molecule has 0 aromatic heterocycles. The molecule has 0 aliphatic heterocycles. The number of ether oxygens (including phenoxy) is 1. The molecule has 0 amide bonds. The lowest BCUT2D eigenvalue weighted by atomic mass is 9.90. The van der Waals surface area contributed by atoms with E-state index in [1.165, 1.54) is 25.3 Å². The molecule has 0 aromatic carbocycles. The molecule has 0 radical (unpaired) electrons. The Kier molecular flexibility index (Phi) is 12.5. The second-order valence-corrected chi connectivity index (χ2v) is 27.7. The van der Waals surface area contributed by atoms with E-state index in [2.05, 4.69) is 66.2 Å². The molecule has 1 saturated carbocycles. The van der Waals surface area contributed by atoms with Crippen molar-refractivity contribution in [3.63, 3.8) is 0 Å². The van der Waals surface area contributed by atoms with Gasteiger partial charge in [0.1, 0.15) is 6.10 Å². The zero-order chi connectivity index (χ0) is 24.7. The lowest BCUT2D eigenvalue weighted by Gasteiger charge is -2.36. The summed E-state index contributed by atoms with van der Waals surface area (Å²) in [5.41, 5.74) is 0.585. The first-order valence-electron chi connectivity index (χ1n) is 12.7. The normalized spacial score (nSPS) is 21.7. The van der Waals surface area contributed by atoms with Gasteiger partial charge in [-0.25, -0.2) is 0 Å². The molecule has 0 bridgehead atoms. The van der Waals surface area contributed by atoms with Crippen molar-refractivity contribution < 1.29 is 13.6 Å². The second kappa shape index (κ2) is 12.5. The van der Waals surface area contributed by atoms with Gasteiger partial charge in [0, 0.05) is 8.07 Å². The monoisotopic (exact) mass is 488 g/mol. The van der Waals surface area contributed by atoms with Crippen LogP contribution >= 0.6 is 0 Å². The van der Waals surface area contributed by atoms with Gasteiger partial charge in [0.2, 0.25) is 0 Å². The topological polar surface area (TPSA) is 35.5 Å². The van der Waals surface area contributed by atoms with Crippen LogP contribution in [-0.4, -0.2) is 36.8 Å². The maximum absolute atomic E-state index is 12.0. The fourth-order valence-electron chi connectivity index (χ4n) is 4.36. The Bertz CT molecular complexity index is 525. The van der Waals surface area contributed by atoms with Crippen molar-refractivity contribution in [1.82, 2.24) is 0 Å². The maximum atomic E-state index is 12.0. The molecule has 0 saturated heterocycles. The van der Waals surface area contributed by atoms with Crippen LogP contribution in [0, 0.1) is 11.3 Å². The molecule has 1 fully saturated rings. The van der Waals surface area contributed by atoms with Crippen LogP contribution in [0.1, 0.15) is 73.1 Å². The first-order valence-corrected chi connectivity index (χ1v) is 22.8. The van der Waals surface area contributed by atoms with Gasteiger partial charge in [-0.15, -0.1) is 0 Å². The van der Waals surface area contributed by atoms with Crippen LogP contribution in [0.3, 0.4) is 0 Å². The highest BCUT2D eigenvalue weighted by Crippen LogP contribution is 2.38. The van der Waals surface area contributed by atoms with Gasteiger partial charge in [-0.05, 0) is 96.2 Å². The largest absolute Gasteiger partial charge is 0.462 e. The van der Waals surface area contributed by atoms with Gasteiger partial charge < -0.3 is 8.85 Å². The number of rotatable bonds is 9. The summed E-state index contributed by atoms with van der Waals surface area (Å²) in [6.07, 6.45) is 6.94. The molecule has 1 rings (SSSR count). The van der Waals surface area contributed by atoms with Gasteiger partial charge in [-0.3, -0.25) is 4.79 Å². The Hall–Kier alpha value is 0.0806. The van der Waals surface area contributed by atoms with Crippen LogP contribution in [0.5, 0.6) is 0 Å². The van der Waals surface area contributed by atoms with Crippen molar-refractivity contribution >= 4 is 30.7 Å². The number of esters is 1. The first kappa shape index (κ1) is 31.1. The van der Waals surface area contributed by atoms with Crippen LogP contribution in [0.15, 0.2) is 0 Å². The van der Waals surface area contributed by atoms with E-state index in [0.29, 0.717) is 0 Å². The summed E-state index contributed by atoms with van der Waals surface area (Å²) in [5.74, 6) is 0.819. The minimum absolute atomic E-state index is 0.0125. The summed E-state index contributed by atoms with van der Waals surface area (Å²) in [5, 5.41) is 0. The van der Waals surface area contributed by atoms with Crippen molar-refractivity contribution in [2.45, 2.75) is 143 Å². The molecule has 186 valence electrons. The summed E-state index contributed by atoms with van der Waals surface area (Å²) < 4.78 is 12.0. The zero-order valence-electron chi connectivity index (χ0n) is 23.4. The van der Waals surface area contributed by atoms with Crippen molar-refractivity contribution in [2.24, 2.45) is 11.3 Å². The summed E-state index contributed by atoms with van der Waals surface area (Å²) in [6.45, 7) is 29.5. The molecule has 0 aromatic rings. The molecule has 1 atom stereocenters. The van der Waals surface area contributed by atoms with Gasteiger partial charge >= 0.3 is 5.97 Å². The summed E-state index contributed by atoms with van der Waals surface area (Å²) in [6, 6.07) is 1.31. The molecule has 0 spiro atoms. The fraction of sp³-hybridized carbons (Fsp3) is 0.960. The number of carbonyl (C=O) groups excluding carboxylic acids is 1. The van der Waals surface area contributed by atoms with Gasteiger partial charge in [-0.2, -0.15) is 0 Å². The summed E-state index contributed by atoms with van der Waals surface area (Å²) in [7, 11) is -3.68. The highest BCUT2D eigenvalue weighted by Gasteiger charge is 2.35. The first-order chi connectivity index (χ1) is 13.8. The molecular formula is C25H56O3Si3. The smallest absolute Gasteiger partial charge is 0.311 e. The van der Waals surface area contributed by atoms with Crippen molar-refractivity contribution in [1.29, 1.82) is 0 Å². The van der Waals surface area contributed by atoms with Crippen LogP contribution < -0.4 is 0 Å². The number of hydrogen-bond acceptors (Lipinski definition) is 3. The highest BCUT2D eigenvalue weighted by molar-refractivity contribution is 6.84. The lowest BCUT2D eigenvalue weighted by Crippen LogP contribution is -2.43. The molecule has 1 aliphatic carbocycles. The van der Waals surface area contributed by atoms with Gasteiger partial charge in [-0.1, -0.05) is 46.8 Å². The SMILES string of the molecule is CCC(C)(C)C(=O)OC1CCC([Si](C)(C)C)CC1.CCC(C)C[Si](C)(C)O[Si](C)(C)C. The predicted octanol–water partition coefficient (Wildman–Crippen LogP) is 8.71. The van der Waals surface area contributed by atoms with Crippen LogP contribution in [0.2, 0.25) is 64.0 Å². The minimum Gasteiger partial charge on any atom is -0.462 e. The van der Waals surface area contributed by atoms with Crippen molar-refractivity contribution in [3.8, 4) is 0 Å². The molecule has 1 unspecified atom stereocenters. The van der Waals surface area contributed by atoms with E-state index in [4.69, 9.17) is 8.85 Å². The molecule has 6 heteroatoms. The lowest BCUT2D eigenvalue weighted by molar-refractivity contribution is -0.161.